The van der Waals surface area contributed by atoms with E-state index >= 15 is 0 Å². The lowest BCUT2D eigenvalue weighted by molar-refractivity contribution is -0.142. The summed E-state index contributed by atoms with van der Waals surface area (Å²) in [6.45, 7) is -1.96. The number of benzene rings is 1. The fraction of sp³-hybridized carbons (Fsp3) is 0.188. The molecule has 0 fully saturated rings. The minimum Gasteiger partial charge on any atom is -0.432 e. The number of halogens is 7. The number of nitrogens with one attached hydrogen (secondary N) is 1. The molecule has 1 N–H and O–H groups in total. The van der Waals surface area contributed by atoms with Crippen LogP contribution in [0.1, 0.15) is 21.9 Å². The first-order valence-electron chi connectivity index (χ1n) is 7.66. The number of amides is 1. The van der Waals surface area contributed by atoms with Crippen LogP contribution in [0.3, 0.4) is 0 Å². The van der Waals surface area contributed by atoms with Crippen molar-refractivity contribution in [1.82, 2.24) is 14.6 Å². The Balaban J connectivity index is 2.04. The van der Waals surface area contributed by atoms with Crippen molar-refractivity contribution in [1.29, 1.82) is 0 Å². The van der Waals surface area contributed by atoms with E-state index in [1.165, 1.54) is 6.92 Å². The Bertz CT molecular complexity index is 1100. The summed E-state index contributed by atoms with van der Waals surface area (Å²) < 4.78 is 82.5. The summed E-state index contributed by atoms with van der Waals surface area (Å²) in [7, 11) is 0. The van der Waals surface area contributed by atoms with E-state index < -0.39 is 41.6 Å². The molecule has 6 nitrogen and oxygen atoms in total. The van der Waals surface area contributed by atoms with Crippen LogP contribution in [0.5, 0.6) is 5.75 Å². The maximum absolute atomic E-state index is 13.3. The van der Waals surface area contributed by atoms with E-state index in [1.54, 1.807) is 0 Å². The molecule has 0 unspecified atom stereocenters. The standard InChI is InChI=1S/C16H9BrF6N4O2/c1-6-4-10(16(21,22)23)27-13(24-6)11(17)12(26-27)14(28)25-8-3-2-7(18)5-9(8)29-15(19)20/h2-5,15H,1H3,(H,25,28). The van der Waals surface area contributed by atoms with Crippen molar-refractivity contribution >= 4 is 33.2 Å². The van der Waals surface area contributed by atoms with Crippen LogP contribution in [-0.2, 0) is 6.18 Å². The molecule has 29 heavy (non-hydrogen) atoms. The molecule has 2 aromatic heterocycles. The molecular weight excluding hydrogens is 474 g/mol. The Morgan fingerprint density at radius 1 is 1.28 bits per heavy atom. The molecule has 0 aliphatic heterocycles. The lowest BCUT2D eigenvalue weighted by atomic mass is 10.2. The van der Waals surface area contributed by atoms with Gasteiger partial charge in [0.2, 0.25) is 0 Å². The van der Waals surface area contributed by atoms with Gasteiger partial charge in [0.1, 0.15) is 11.5 Å². The van der Waals surface area contributed by atoms with Gasteiger partial charge in [0.25, 0.3) is 5.91 Å². The topological polar surface area (TPSA) is 68.5 Å². The molecule has 1 aromatic carbocycles. The molecule has 154 valence electrons. The Labute approximate surface area is 166 Å². The van der Waals surface area contributed by atoms with E-state index in [2.05, 4.69) is 36.1 Å². The predicted octanol–water partition coefficient (Wildman–Crippen LogP) is 4.81. The van der Waals surface area contributed by atoms with Gasteiger partial charge in [0.05, 0.1) is 10.2 Å². The monoisotopic (exact) mass is 482 g/mol. The minimum atomic E-state index is -4.78. The van der Waals surface area contributed by atoms with Crippen molar-refractivity contribution in [3.05, 3.63) is 51.6 Å². The van der Waals surface area contributed by atoms with Gasteiger partial charge in [-0.25, -0.2) is 13.9 Å². The molecule has 0 bridgehead atoms. The van der Waals surface area contributed by atoms with Gasteiger partial charge in [-0.05, 0) is 41.1 Å². The normalized spacial score (nSPS) is 11.9. The highest BCUT2D eigenvalue weighted by Crippen LogP contribution is 2.33. The van der Waals surface area contributed by atoms with E-state index in [1.807, 2.05) is 0 Å². The summed E-state index contributed by atoms with van der Waals surface area (Å²) in [5, 5.41) is 5.79. The highest BCUT2D eigenvalue weighted by molar-refractivity contribution is 9.10. The molecule has 2 heterocycles. The number of hydrogen-bond acceptors (Lipinski definition) is 4. The summed E-state index contributed by atoms with van der Waals surface area (Å²) in [5.74, 6) is -2.63. The first-order valence-corrected chi connectivity index (χ1v) is 8.45. The molecular formula is C16H9BrF6N4O2. The molecule has 0 aliphatic carbocycles. The molecule has 3 aromatic rings. The molecule has 0 spiro atoms. The van der Waals surface area contributed by atoms with E-state index in [-0.39, 0.29) is 21.5 Å². The number of aromatic nitrogens is 3. The number of nitrogens with zero attached hydrogens (tertiary/aromatic N) is 3. The van der Waals surface area contributed by atoms with Crippen molar-refractivity contribution in [2.24, 2.45) is 0 Å². The van der Waals surface area contributed by atoms with Gasteiger partial charge < -0.3 is 10.1 Å². The number of anilines is 1. The zero-order valence-corrected chi connectivity index (χ0v) is 15.8. The molecule has 0 saturated heterocycles. The lowest BCUT2D eigenvalue weighted by Crippen LogP contribution is -2.16. The molecule has 1 amide bonds. The van der Waals surface area contributed by atoms with Crippen molar-refractivity contribution in [2.75, 3.05) is 5.32 Å². The van der Waals surface area contributed by atoms with Crippen LogP contribution in [0.15, 0.2) is 28.7 Å². The first kappa shape index (κ1) is 20.9. The van der Waals surface area contributed by atoms with E-state index in [0.29, 0.717) is 10.6 Å². The minimum absolute atomic E-state index is 0.0311. The third-order valence-electron chi connectivity index (χ3n) is 3.57. The number of hydrogen-bond donors (Lipinski definition) is 1. The van der Waals surface area contributed by atoms with Crippen molar-refractivity contribution in [3.63, 3.8) is 0 Å². The number of carbonyl (C=O) groups is 1. The second kappa shape index (κ2) is 7.54. The summed E-state index contributed by atoms with van der Waals surface area (Å²) in [6.07, 6.45) is -4.78. The zero-order valence-electron chi connectivity index (χ0n) is 14.2. The van der Waals surface area contributed by atoms with Gasteiger partial charge in [0.15, 0.2) is 17.1 Å². The smallest absolute Gasteiger partial charge is 0.432 e. The SMILES string of the molecule is Cc1cc(C(F)(F)F)n2nc(C(=O)Nc3ccc(F)cc3OC(F)F)c(Br)c2n1. The van der Waals surface area contributed by atoms with Gasteiger partial charge in [0, 0.05) is 11.8 Å². The summed E-state index contributed by atoms with van der Waals surface area (Å²) in [4.78, 5) is 16.4. The van der Waals surface area contributed by atoms with Crippen LogP contribution >= 0.6 is 15.9 Å². The van der Waals surface area contributed by atoms with Crippen LogP contribution in [-0.4, -0.2) is 27.1 Å². The molecule has 0 radical (unpaired) electrons. The van der Waals surface area contributed by atoms with Gasteiger partial charge in [-0.1, -0.05) is 0 Å². The number of fused-ring (bicyclic) bond motifs is 1. The van der Waals surface area contributed by atoms with Gasteiger partial charge in [-0.2, -0.15) is 27.1 Å². The number of aryl methyl sites for hydroxylation is 1. The van der Waals surface area contributed by atoms with Crippen LogP contribution in [0.4, 0.5) is 32.0 Å². The third kappa shape index (κ3) is 4.28. The summed E-state index contributed by atoms with van der Waals surface area (Å²) in [6, 6.07) is 3.20. The van der Waals surface area contributed by atoms with E-state index in [0.717, 1.165) is 18.2 Å². The second-order valence-corrected chi connectivity index (χ2v) is 6.44. The average Bonchev–Trinajstić information content (AvgIpc) is 2.92. The Hall–Kier alpha value is -2.83. The second-order valence-electron chi connectivity index (χ2n) is 5.65. The summed E-state index contributed by atoms with van der Waals surface area (Å²) in [5.41, 5.74) is -2.24. The number of carbonyl (C=O) groups excluding carboxylic acids is 1. The number of ether oxygens (including phenoxy) is 1. The Kier molecular flexibility index (Phi) is 5.43. The quantitative estimate of drug-likeness (QED) is 0.541. The number of alkyl halides is 5. The van der Waals surface area contributed by atoms with Crippen molar-refractivity contribution in [3.8, 4) is 5.75 Å². The Morgan fingerprint density at radius 3 is 2.59 bits per heavy atom. The average molecular weight is 483 g/mol. The van der Waals surface area contributed by atoms with Crippen molar-refractivity contribution in [2.45, 2.75) is 19.7 Å². The zero-order chi connectivity index (χ0) is 21.5. The van der Waals surface area contributed by atoms with E-state index in [9.17, 15) is 31.1 Å². The molecule has 3 rings (SSSR count). The molecule has 0 aliphatic rings. The lowest BCUT2D eigenvalue weighted by Gasteiger charge is -2.11. The third-order valence-corrected chi connectivity index (χ3v) is 4.30. The van der Waals surface area contributed by atoms with Gasteiger partial charge in [-0.15, -0.1) is 0 Å². The van der Waals surface area contributed by atoms with Crippen LogP contribution in [0, 0.1) is 12.7 Å². The van der Waals surface area contributed by atoms with E-state index in [4.69, 9.17) is 0 Å². The van der Waals surface area contributed by atoms with Crippen LogP contribution < -0.4 is 10.1 Å². The van der Waals surface area contributed by atoms with Gasteiger partial charge >= 0.3 is 12.8 Å². The highest BCUT2D eigenvalue weighted by atomic mass is 79.9. The molecule has 0 atom stereocenters. The maximum Gasteiger partial charge on any atom is 0.433 e. The highest BCUT2D eigenvalue weighted by Gasteiger charge is 2.36. The fourth-order valence-electron chi connectivity index (χ4n) is 2.43. The summed E-state index contributed by atoms with van der Waals surface area (Å²) >= 11 is 2.99. The molecule has 13 heteroatoms. The van der Waals surface area contributed by atoms with Crippen LogP contribution in [0.2, 0.25) is 0 Å². The molecule has 0 saturated carbocycles. The largest absolute Gasteiger partial charge is 0.433 e. The van der Waals surface area contributed by atoms with Gasteiger partial charge in [-0.3, -0.25) is 4.79 Å². The number of rotatable bonds is 4. The fourth-order valence-corrected chi connectivity index (χ4v) is 2.95. The Morgan fingerprint density at radius 2 is 1.97 bits per heavy atom. The maximum atomic E-state index is 13.3. The van der Waals surface area contributed by atoms with Crippen LogP contribution in [0.25, 0.3) is 5.65 Å². The van der Waals surface area contributed by atoms with Crippen molar-refractivity contribution < 1.29 is 35.9 Å². The predicted molar refractivity (Wildman–Crippen MR) is 91.4 cm³/mol. The first-order chi connectivity index (χ1) is 13.5.